The second-order valence-electron chi connectivity index (χ2n) is 4.24. The molecule has 1 aromatic carbocycles. The molecule has 0 unspecified atom stereocenters. The zero-order chi connectivity index (χ0) is 14.0. The smallest absolute Gasteiger partial charge is 0.272 e. The second-order valence-corrected chi connectivity index (χ2v) is 5.34. The van der Waals surface area contributed by atoms with Crippen LogP contribution in [0.25, 0.3) is 0 Å². The lowest BCUT2D eigenvalue weighted by Crippen LogP contribution is -1.93. The van der Waals surface area contributed by atoms with Crippen LogP contribution in [0.15, 0.2) is 40.3 Å². The van der Waals surface area contributed by atoms with Crippen molar-refractivity contribution in [3.8, 4) is 0 Å². The van der Waals surface area contributed by atoms with Crippen LogP contribution in [0, 0.1) is 24.0 Å². The first-order chi connectivity index (χ1) is 8.94. The number of non-ortho nitro benzene ring substituents is 1. The van der Waals surface area contributed by atoms with E-state index in [2.05, 4.69) is 4.98 Å². The highest BCUT2D eigenvalue weighted by atomic mass is 32.2. The van der Waals surface area contributed by atoms with E-state index in [1.54, 1.807) is 6.07 Å². The molecule has 1 heterocycles. The third kappa shape index (κ3) is 3.45. The first kappa shape index (κ1) is 13.4. The average Bonchev–Trinajstić information content (AvgIpc) is 2.26. The van der Waals surface area contributed by atoms with Gasteiger partial charge in [0.1, 0.15) is 5.03 Å². The van der Waals surface area contributed by atoms with E-state index in [0.29, 0.717) is 10.6 Å². The summed E-state index contributed by atoms with van der Waals surface area (Å²) in [5, 5.41) is 11.6. The lowest BCUT2D eigenvalue weighted by Gasteiger charge is -2.05. The number of nitrogen functional groups attached to an aromatic ring is 1. The molecule has 2 N–H and O–H groups in total. The molecule has 0 saturated heterocycles. The van der Waals surface area contributed by atoms with Gasteiger partial charge in [-0.15, -0.1) is 0 Å². The maximum absolute atomic E-state index is 10.8. The van der Waals surface area contributed by atoms with E-state index in [1.807, 2.05) is 26.0 Å². The molecule has 2 rings (SSSR count). The zero-order valence-electron chi connectivity index (χ0n) is 10.6. The minimum atomic E-state index is -0.449. The minimum absolute atomic E-state index is 0.00752. The molecule has 6 heteroatoms. The molecule has 1 aromatic heterocycles. The van der Waals surface area contributed by atoms with E-state index in [0.717, 1.165) is 16.3 Å². The number of rotatable bonds is 3. The summed E-state index contributed by atoms with van der Waals surface area (Å²) in [5.74, 6) is 0. The molecule has 0 aliphatic rings. The Labute approximate surface area is 115 Å². The predicted octanol–water partition coefficient (Wildman–Crippen LogP) is 3.34. The Kier molecular flexibility index (Phi) is 3.71. The highest BCUT2D eigenvalue weighted by Gasteiger charge is 2.10. The van der Waals surface area contributed by atoms with Gasteiger partial charge < -0.3 is 5.73 Å². The van der Waals surface area contributed by atoms with Gasteiger partial charge in [0.05, 0.1) is 4.92 Å². The summed E-state index contributed by atoms with van der Waals surface area (Å²) in [5.41, 5.74) is 8.06. The summed E-state index contributed by atoms with van der Waals surface area (Å²) in [7, 11) is 0. The Morgan fingerprint density at radius 2 is 1.95 bits per heavy atom. The van der Waals surface area contributed by atoms with Gasteiger partial charge in [-0.2, -0.15) is 0 Å². The second kappa shape index (κ2) is 5.27. The van der Waals surface area contributed by atoms with E-state index >= 15 is 0 Å². The van der Waals surface area contributed by atoms with Crippen molar-refractivity contribution < 1.29 is 4.92 Å². The van der Waals surface area contributed by atoms with Crippen LogP contribution in [0.2, 0.25) is 0 Å². The van der Waals surface area contributed by atoms with Gasteiger partial charge in [0.15, 0.2) is 0 Å². The normalized spacial score (nSPS) is 10.4. The quantitative estimate of drug-likeness (QED) is 0.527. The van der Waals surface area contributed by atoms with Crippen molar-refractivity contribution in [2.45, 2.75) is 23.8 Å². The number of nitrogens with zero attached hydrogens (tertiary/aromatic N) is 2. The number of aryl methyl sites for hydroxylation is 2. The number of benzene rings is 1. The monoisotopic (exact) mass is 275 g/mol. The highest BCUT2D eigenvalue weighted by molar-refractivity contribution is 7.99. The van der Waals surface area contributed by atoms with Gasteiger partial charge in [-0.25, -0.2) is 4.98 Å². The molecule has 19 heavy (non-hydrogen) atoms. The molecule has 2 aromatic rings. The van der Waals surface area contributed by atoms with Crippen LogP contribution in [-0.2, 0) is 0 Å². The molecule has 0 saturated carbocycles. The average molecular weight is 275 g/mol. The number of nitrogens with two attached hydrogens (primary N) is 1. The van der Waals surface area contributed by atoms with Gasteiger partial charge in [-0.3, -0.25) is 10.1 Å². The third-order valence-corrected chi connectivity index (χ3v) is 3.31. The molecular weight excluding hydrogens is 262 g/mol. The molecule has 0 radical (unpaired) electrons. The van der Waals surface area contributed by atoms with Gasteiger partial charge in [0, 0.05) is 28.4 Å². The van der Waals surface area contributed by atoms with Gasteiger partial charge in [-0.05, 0) is 37.6 Å². The van der Waals surface area contributed by atoms with Gasteiger partial charge in [0.2, 0.25) is 0 Å². The summed E-state index contributed by atoms with van der Waals surface area (Å²) < 4.78 is 0. The van der Waals surface area contributed by atoms with Crippen molar-refractivity contribution in [2.24, 2.45) is 0 Å². The van der Waals surface area contributed by atoms with Crippen LogP contribution in [0.4, 0.5) is 11.4 Å². The Hall–Kier alpha value is -2.08. The fourth-order valence-corrected chi connectivity index (χ4v) is 2.80. The molecule has 0 amide bonds. The summed E-state index contributed by atoms with van der Waals surface area (Å²) in [6.45, 7) is 3.90. The van der Waals surface area contributed by atoms with Crippen LogP contribution in [0.5, 0.6) is 0 Å². The predicted molar refractivity (Wildman–Crippen MR) is 75.3 cm³/mol. The van der Waals surface area contributed by atoms with E-state index in [-0.39, 0.29) is 5.69 Å². The largest absolute Gasteiger partial charge is 0.398 e. The number of nitro groups is 1. The number of hydrogen-bond acceptors (Lipinski definition) is 5. The topological polar surface area (TPSA) is 82.0 Å². The molecule has 0 spiro atoms. The maximum atomic E-state index is 10.8. The van der Waals surface area contributed by atoms with E-state index in [4.69, 9.17) is 5.73 Å². The van der Waals surface area contributed by atoms with Crippen molar-refractivity contribution in [1.29, 1.82) is 0 Å². The van der Waals surface area contributed by atoms with Gasteiger partial charge in [-0.1, -0.05) is 11.8 Å². The number of anilines is 1. The SMILES string of the molecule is Cc1cc(C)nc(Sc2cc(N)cc([N+](=O)[O-])c2)c1. The fraction of sp³-hybridized carbons (Fsp3) is 0.154. The maximum Gasteiger partial charge on any atom is 0.272 e. The molecule has 0 bridgehead atoms. The van der Waals surface area contributed by atoms with Crippen molar-refractivity contribution in [3.05, 3.63) is 51.7 Å². The fourth-order valence-electron chi connectivity index (χ4n) is 1.75. The number of aromatic nitrogens is 1. The third-order valence-electron chi connectivity index (χ3n) is 2.42. The lowest BCUT2D eigenvalue weighted by molar-refractivity contribution is -0.385. The summed E-state index contributed by atoms with van der Waals surface area (Å²) >= 11 is 1.37. The summed E-state index contributed by atoms with van der Waals surface area (Å²) in [4.78, 5) is 15.4. The van der Waals surface area contributed by atoms with Crippen LogP contribution >= 0.6 is 11.8 Å². The summed E-state index contributed by atoms with van der Waals surface area (Å²) in [6, 6.07) is 8.47. The molecule has 5 nitrogen and oxygen atoms in total. The standard InChI is InChI=1S/C13H13N3O2S/c1-8-3-9(2)15-13(4-8)19-12-6-10(14)5-11(7-12)16(17)18/h3-7H,14H2,1-2H3. The number of pyridine rings is 1. The Balaban J connectivity index is 2.35. The van der Waals surface area contributed by atoms with Crippen molar-refractivity contribution in [3.63, 3.8) is 0 Å². The Morgan fingerprint density at radius 3 is 2.58 bits per heavy atom. The minimum Gasteiger partial charge on any atom is -0.398 e. The highest BCUT2D eigenvalue weighted by Crippen LogP contribution is 2.31. The van der Waals surface area contributed by atoms with Crippen LogP contribution < -0.4 is 5.73 Å². The zero-order valence-corrected chi connectivity index (χ0v) is 11.4. The first-order valence-electron chi connectivity index (χ1n) is 5.62. The van der Waals surface area contributed by atoms with Crippen molar-refractivity contribution >= 4 is 23.1 Å². The van der Waals surface area contributed by atoms with Crippen LogP contribution in [0.3, 0.4) is 0 Å². The lowest BCUT2D eigenvalue weighted by atomic mass is 10.3. The van der Waals surface area contributed by atoms with Crippen LogP contribution in [0.1, 0.15) is 11.3 Å². The van der Waals surface area contributed by atoms with Gasteiger partial charge >= 0.3 is 0 Å². The van der Waals surface area contributed by atoms with E-state index in [9.17, 15) is 10.1 Å². The number of hydrogen-bond donors (Lipinski definition) is 1. The Bertz CT molecular complexity index is 624. The molecule has 0 aliphatic carbocycles. The van der Waals surface area contributed by atoms with E-state index in [1.165, 1.54) is 23.9 Å². The molecule has 0 aliphatic heterocycles. The van der Waals surface area contributed by atoms with Crippen LogP contribution in [-0.4, -0.2) is 9.91 Å². The molecule has 0 fully saturated rings. The first-order valence-corrected chi connectivity index (χ1v) is 6.44. The molecule has 98 valence electrons. The summed E-state index contributed by atoms with van der Waals surface area (Å²) in [6.07, 6.45) is 0. The number of nitro benzene ring substituents is 1. The van der Waals surface area contributed by atoms with E-state index < -0.39 is 4.92 Å². The van der Waals surface area contributed by atoms with Crippen molar-refractivity contribution in [1.82, 2.24) is 4.98 Å². The molecular formula is C13H13N3O2S. The molecule has 0 atom stereocenters. The van der Waals surface area contributed by atoms with Crippen molar-refractivity contribution in [2.75, 3.05) is 5.73 Å². The van der Waals surface area contributed by atoms with Gasteiger partial charge in [0.25, 0.3) is 5.69 Å². The Morgan fingerprint density at radius 1 is 1.21 bits per heavy atom.